The zero-order valence-electron chi connectivity index (χ0n) is 9.88. The highest BCUT2D eigenvalue weighted by molar-refractivity contribution is 5.62. The topological polar surface area (TPSA) is 127 Å². The van der Waals surface area contributed by atoms with Crippen molar-refractivity contribution in [3.8, 4) is 0 Å². The number of methoxy groups -OCH3 is 1. The highest BCUT2D eigenvalue weighted by Gasteiger charge is 2.26. The molecule has 0 fully saturated rings. The van der Waals surface area contributed by atoms with E-state index in [9.17, 15) is 0 Å². The van der Waals surface area contributed by atoms with Gasteiger partial charge in [0.2, 0.25) is 0 Å². The van der Waals surface area contributed by atoms with Crippen LogP contribution in [-0.2, 0) is 9.53 Å². The molecule has 0 unspecified atom stereocenters. The number of carbonyl (C=O) groups is 1. The SMILES string of the molecule is CC(=O)O.COC.OCC(CO)(CO)CO. The number of carboxylic acid groups (broad SMARTS) is 1. The van der Waals surface area contributed by atoms with Crippen LogP contribution in [0.25, 0.3) is 0 Å². The van der Waals surface area contributed by atoms with E-state index >= 15 is 0 Å². The van der Waals surface area contributed by atoms with E-state index < -0.39 is 37.8 Å². The quantitative estimate of drug-likeness (QED) is 0.397. The van der Waals surface area contributed by atoms with Crippen molar-refractivity contribution >= 4 is 5.97 Å². The maximum Gasteiger partial charge on any atom is 0.300 e. The maximum atomic E-state index is 9.00. The number of aliphatic carboxylic acids is 1. The van der Waals surface area contributed by atoms with E-state index in [0.29, 0.717) is 0 Å². The molecule has 0 aliphatic carbocycles. The number of carboxylic acids is 1. The minimum Gasteiger partial charge on any atom is -0.481 e. The number of aliphatic hydroxyl groups excluding tert-OH is 4. The molecule has 0 aromatic heterocycles. The van der Waals surface area contributed by atoms with Gasteiger partial charge in [0.25, 0.3) is 5.97 Å². The average molecular weight is 242 g/mol. The Labute approximate surface area is 94.9 Å². The summed E-state index contributed by atoms with van der Waals surface area (Å²) in [6.07, 6.45) is 0. The van der Waals surface area contributed by atoms with Crippen LogP contribution in [0.3, 0.4) is 0 Å². The minimum absolute atomic E-state index is 0.406. The number of hydrogen-bond donors (Lipinski definition) is 5. The first-order valence-electron chi connectivity index (χ1n) is 4.42. The lowest BCUT2D eigenvalue weighted by atomic mass is 9.93. The molecule has 0 saturated heterocycles. The van der Waals surface area contributed by atoms with Crippen LogP contribution in [0.2, 0.25) is 0 Å². The Kier molecular flexibility index (Phi) is 18.4. The first-order valence-corrected chi connectivity index (χ1v) is 4.42. The summed E-state index contributed by atoms with van der Waals surface area (Å²) in [6, 6.07) is 0. The molecule has 0 saturated carbocycles. The van der Waals surface area contributed by atoms with Crippen molar-refractivity contribution in [1.82, 2.24) is 0 Å². The van der Waals surface area contributed by atoms with Crippen LogP contribution in [0.1, 0.15) is 6.92 Å². The zero-order valence-corrected chi connectivity index (χ0v) is 9.88. The molecule has 0 amide bonds. The van der Waals surface area contributed by atoms with E-state index in [1.807, 2.05) is 0 Å². The van der Waals surface area contributed by atoms with E-state index in [0.717, 1.165) is 6.92 Å². The fourth-order valence-corrected chi connectivity index (χ4v) is 0.300. The van der Waals surface area contributed by atoms with Crippen LogP contribution in [0.5, 0.6) is 0 Å². The average Bonchev–Trinajstić information content (AvgIpc) is 2.22. The Morgan fingerprint density at radius 3 is 1.12 bits per heavy atom. The third-order valence-corrected chi connectivity index (χ3v) is 1.34. The Morgan fingerprint density at radius 1 is 1.00 bits per heavy atom. The van der Waals surface area contributed by atoms with Gasteiger partial charge in [0.05, 0.1) is 31.8 Å². The largest absolute Gasteiger partial charge is 0.481 e. The van der Waals surface area contributed by atoms with Gasteiger partial charge in [0.15, 0.2) is 0 Å². The predicted molar refractivity (Wildman–Crippen MR) is 57.0 cm³/mol. The molecule has 5 N–H and O–H groups in total. The van der Waals surface area contributed by atoms with Gasteiger partial charge in [-0.2, -0.15) is 0 Å². The zero-order chi connectivity index (χ0) is 13.6. The second-order valence-electron chi connectivity index (χ2n) is 3.06. The molecular formula is C9H22O7. The molecule has 100 valence electrons. The van der Waals surface area contributed by atoms with Gasteiger partial charge in [0, 0.05) is 21.1 Å². The van der Waals surface area contributed by atoms with Gasteiger partial charge in [-0.15, -0.1) is 0 Å². The molecule has 0 spiro atoms. The number of aliphatic hydroxyl groups is 4. The molecule has 0 aliphatic rings. The van der Waals surface area contributed by atoms with Gasteiger partial charge in [-0.3, -0.25) is 4.79 Å². The first kappa shape index (κ1) is 20.7. The molecule has 0 heterocycles. The smallest absolute Gasteiger partial charge is 0.300 e. The van der Waals surface area contributed by atoms with Gasteiger partial charge in [0.1, 0.15) is 0 Å². The molecule has 0 bridgehead atoms. The molecule has 0 aromatic rings. The van der Waals surface area contributed by atoms with Crippen molar-refractivity contribution in [2.45, 2.75) is 6.92 Å². The second-order valence-corrected chi connectivity index (χ2v) is 3.06. The number of ether oxygens (including phenoxy) is 1. The highest BCUT2D eigenvalue weighted by atomic mass is 16.4. The molecule has 0 radical (unpaired) electrons. The minimum atomic E-state index is -1.11. The number of rotatable bonds is 4. The summed E-state index contributed by atoms with van der Waals surface area (Å²) in [5.41, 5.74) is -1.11. The van der Waals surface area contributed by atoms with Crippen LogP contribution >= 0.6 is 0 Å². The monoisotopic (exact) mass is 242 g/mol. The summed E-state index contributed by atoms with van der Waals surface area (Å²) in [6.45, 7) is -0.542. The third-order valence-electron chi connectivity index (χ3n) is 1.34. The Hall–Kier alpha value is -0.730. The molecule has 7 heteroatoms. The molecule has 16 heavy (non-hydrogen) atoms. The lowest BCUT2D eigenvalue weighted by Crippen LogP contribution is -2.37. The Morgan fingerprint density at radius 2 is 1.12 bits per heavy atom. The first-order chi connectivity index (χ1) is 7.39. The van der Waals surface area contributed by atoms with Crippen molar-refractivity contribution in [2.75, 3.05) is 40.6 Å². The maximum absolute atomic E-state index is 9.00. The molecular weight excluding hydrogens is 220 g/mol. The summed E-state index contributed by atoms with van der Waals surface area (Å²) in [5, 5.41) is 41.4. The summed E-state index contributed by atoms with van der Waals surface area (Å²) >= 11 is 0. The van der Waals surface area contributed by atoms with Crippen LogP contribution in [0.15, 0.2) is 0 Å². The van der Waals surface area contributed by atoms with Crippen molar-refractivity contribution < 1.29 is 35.1 Å². The van der Waals surface area contributed by atoms with Crippen molar-refractivity contribution in [3.63, 3.8) is 0 Å². The van der Waals surface area contributed by atoms with Gasteiger partial charge in [-0.1, -0.05) is 0 Å². The van der Waals surface area contributed by atoms with E-state index in [2.05, 4.69) is 4.74 Å². The molecule has 0 rings (SSSR count). The lowest BCUT2D eigenvalue weighted by molar-refractivity contribution is -0.134. The second kappa shape index (κ2) is 14.3. The Balaban J connectivity index is -0.000000201. The summed E-state index contributed by atoms with van der Waals surface area (Å²) in [4.78, 5) is 9.00. The van der Waals surface area contributed by atoms with Crippen molar-refractivity contribution in [3.05, 3.63) is 0 Å². The van der Waals surface area contributed by atoms with Gasteiger partial charge in [-0.25, -0.2) is 0 Å². The van der Waals surface area contributed by atoms with E-state index in [4.69, 9.17) is 30.3 Å². The van der Waals surface area contributed by atoms with E-state index in [-0.39, 0.29) is 0 Å². The van der Waals surface area contributed by atoms with Crippen molar-refractivity contribution in [1.29, 1.82) is 0 Å². The van der Waals surface area contributed by atoms with Crippen LogP contribution < -0.4 is 0 Å². The van der Waals surface area contributed by atoms with Gasteiger partial charge >= 0.3 is 0 Å². The van der Waals surface area contributed by atoms with Crippen molar-refractivity contribution in [2.24, 2.45) is 5.41 Å². The normalized spacial score (nSPS) is 9.44. The highest BCUT2D eigenvalue weighted by Crippen LogP contribution is 2.11. The Bertz CT molecular complexity index is 123. The van der Waals surface area contributed by atoms with Crippen LogP contribution in [0.4, 0.5) is 0 Å². The fraction of sp³-hybridized carbons (Fsp3) is 0.889. The predicted octanol–water partition coefficient (Wildman–Crippen LogP) is -1.70. The summed E-state index contributed by atoms with van der Waals surface area (Å²) < 4.78 is 4.25. The third kappa shape index (κ3) is 15.7. The standard InChI is InChI=1S/C5H12O4.C2H4O2.C2H6O/c6-1-5(2-7,3-8)4-9;1-2(3)4;1-3-2/h6-9H,1-4H2;1H3,(H,3,4);1-2H3. The fourth-order valence-electron chi connectivity index (χ4n) is 0.300. The number of hydrogen-bond acceptors (Lipinski definition) is 6. The summed E-state index contributed by atoms with van der Waals surface area (Å²) in [7, 11) is 3.25. The van der Waals surface area contributed by atoms with E-state index in [1.54, 1.807) is 14.2 Å². The summed E-state index contributed by atoms with van der Waals surface area (Å²) in [5.74, 6) is -0.833. The lowest BCUT2D eigenvalue weighted by Gasteiger charge is -2.23. The van der Waals surface area contributed by atoms with E-state index in [1.165, 1.54) is 0 Å². The van der Waals surface area contributed by atoms with Gasteiger partial charge < -0.3 is 30.3 Å². The molecule has 0 aliphatic heterocycles. The molecule has 0 atom stereocenters. The van der Waals surface area contributed by atoms with Gasteiger partial charge in [-0.05, 0) is 0 Å². The van der Waals surface area contributed by atoms with Crippen LogP contribution in [-0.4, -0.2) is 72.1 Å². The molecule has 0 aromatic carbocycles. The van der Waals surface area contributed by atoms with Crippen LogP contribution in [0, 0.1) is 5.41 Å². The molecule has 7 nitrogen and oxygen atoms in total.